The van der Waals surface area contributed by atoms with Crippen molar-refractivity contribution in [2.45, 2.75) is 11.6 Å². The van der Waals surface area contributed by atoms with Crippen molar-refractivity contribution in [3.8, 4) is 0 Å². The van der Waals surface area contributed by atoms with Crippen molar-refractivity contribution in [1.29, 1.82) is 0 Å². The Balaban J connectivity index is 1.85. The molecule has 1 fully saturated rings. The second-order valence-electron chi connectivity index (χ2n) is 5.80. The van der Waals surface area contributed by atoms with E-state index >= 15 is 0 Å². The molecule has 2 aliphatic heterocycles. The first-order valence-electron chi connectivity index (χ1n) is 7.29. The molecule has 0 unspecified atom stereocenters. The van der Waals surface area contributed by atoms with Crippen LogP contribution in [0.3, 0.4) is 0 Å². The molecule has 3 aliphatic rings. The van der Waals surface area contributed by atoms with Crippen LogP contribution in [0.4, 0.5) is 0 Å². The van der Waals surface area contributed by atoms with Gasteiger partial charge < -0.3 is 15.7 Å². The van der Waals surface area contributed by atoms with Crippen molar-refractivity contribution in [3.63, 3.8) is 0 Å². The van der Waals surface area contributed by atoms with Gasteiger partial charge in [-0.3, -0.25) is 19.2 Å². The maximum Gasteiger partial charge on any atom is 0.252 e. The molecule has 1 aromatic carbocycles. The topological polar surface area (TPSA) is 113 Å². The van der Waals surface area contributed by atoms with E-state index in [4.69, 9.17) is 5.11 Å². The Morgan fingerprint density at radius 1 is 1.12 bits per heavy atom. The molecule has 4 rings (SSSR count). The highest BCUT2D eigenvalue weighted by Crippen LogP contribution is 2.46. The molecule has 2 amide bonds. The standard InChI is InChI=1S/C16H12N2O5S/c19-5-9-14(22)18-16(15(23)17-9)6-24-13-10(16)11(20)7-3-1-2-4-8(7)12(13)21/h1-4,9,19H,5-6H2,(H,17,23)(H,18,22)/t9-,16+/m0/s1. The summed E-state index contributed by atoms with van der Waals surface area (Å²) in [6, 6.07) is 5.37. The van der Waals surface area contributed by atoms with E-state index in [-0.39, 0.29) is 27.6 Å². The minimum Gasteiger partial charge on any atom is -0.394 e. The number of Topliss-reactive ketones (excluding diaryl/α,β-unsaturated/α-hetero) is 2. The molecule has 7 nitrogen and oxygen atoms in total. The van der Waals surface area contributed by atoms with Crippen molar-refractivity contribution < 1.29 is 24.3 Å². The van der Waals surface area contributed by atoms with Crippen LogP contribution in [0.1, 0.15) is 20.7 Å². The zero-order valence-electron chi connectivity index (χ0n) is 12.3. The predicted molar refractivity (Wildman–Crippen MR) is 84.5 cm³/mol. The molecule has 0 saturated carbocycles. The van der Waals surface area contributed by atoms with Gasteiger partial charge in [-0.2, -0.15) is 0 Å². The lowest BCUT2D eigenvalue weighted by Crippen LogP contribution is -2.72. The van der Waals surface area contributed by atoms with Gasteiger partial charge in [0, 0.05) is 16.9 Å². The van der Waals surface area contributed by atoms with Crippen LogP contribution >= 0.6 is 11.8 Å². The molecule has 1 saturated heterocycles. The van der Waals surface area contributed by atoms with Crippen LogP contribution in [0.2, 0.25) is 0 Å². The van der Waals surface area contributed by atoms with E-state index in [1.807, 2.05) is 0 Å². The lowest BCUT2D eigenvalue weighted by atomic mass is 9.78. The molecule has 24 heavy (non-hydrogen) atoms. The number of nitrogens with one attached hydrogen (secondary N) is 2. The van der Waals surface area contributed by atoms with Gasteiger partial charge >= 0.3 is 0 Å². The van der Waals surface area contributed by atoms with E-state index in [9.17, 15) is 19.2 Å². The Morgan fingerprint density at radius 3 is 2.46 bits per heavy atom. The molecule has 2 atom stereocenters. The summed E-state index contributed by atoms with van der Waals surface area (Å²) in [5.74, 6) is -1.83. The minimum absolute atomic E-state index is 0.0263. The summed E-state index contributed by atoms with van der Waals surface area (Å²) < 4.78 is 0. The molecule has 8 heteroatoms. The average molecular weight is 344 g/mol. The number of carbonyl (C=O) groups excluding carboxylic acids is 4. The van der Waals surface area contributed by atoms with Crippen LogP contribution in [0.15, 0.2) is 34.7 Å². The van der Waals surface area contributed by atoms with Gasteiger partial charge in [-0.05, 0) is 0 Å². The minimum atomic E-state index is -1.57. The number of hydrogen-bond donors (Lipinski definition) is 3. The number of fused-ring (bicyclic) bond motifs is 2. The largest absolute Gasteiger partial charge is 0.394 e. The Morgan fingerprint density at radius 2 is 1.79 bits per heavy atom. The molecule has 122 valence electrons. The Bertz CT molecular complexity index is 862. The van der Waals surface area contributed by atoms with Crippen molar-refractivity contribution >= 4 is 35.1 Å². The number of aliphatic hydroxyl groups excluding tert-OH is 1. The van der Waals surface area contributed by atoms with Gasteiger partial charge in [-0.1, -0.05) is 24.3 Å². The molecule has 1 spiro atoms. The Hall–Kier alpha value is -2.45. The van der Waals surface area contributed by atoms with E-state index in [2.05, 4.69) is 10.6 Å². The molecule has 0 aromatic heterocycles. The molecular formula is C16H12N2O5S. The van der Waals surface area contributed by atoms with E-state index in [1.165, 1.54) is 6.07 Å². The summed E-state index contributed by atoms with van der Waals surface area (Å²) in [6.45, 7) is -0.539. The van der Waals surface area contributed by atoms with Crippen molar-refractivity contribution in [2.75, 3.05) is 12.4 Å². The molecule has 1 aromatic rings. The highest BCUT2D eigenvalue weighted by molar-refractivity contribution is 8.04. The SMILES string of the molecule is O=C1C2=C(C(=O)c3ccccc31)[C@@]1(CS2)NC(=O)[C@H](CO)NC1=O. The smallest absolute Gasteiger partial charge is 0.252 e. The number of amides is 2. The summed E-state index contributed by atoms with van der Waals surface area (Å²) in [7, 11) is 0. The number of hydrogen-bond acceptors (Lipinski definition) is 6. The highest BCUT2D eigenvalue weighted by atomic mass is 32.2. The van der Waals surface area contributed by atoms with Crippen molar-refractivity contribution in [3.05, 3.63) is 45.9 Å². The van der Waals surface area contributed by atoms with Crippen LogP contribution in [0, 0.1) is 0 Å². The third-order valence-electron chi connectivity index (χ3n) is 4.47. The molecular weight excluding hydrogens is 332 g/mol. The van der Waals surface area contributed by atoms with Gasteiger partial charge in [-0.15, -0.1) is 11.8 Å². The monoisotopic (exact) mass is 344 g/mol. The predicted octanol–water partition coefficient (Wildman–Crippen LogP) is -0.588. The van der Waals surface area contributed by atoms with Crippen LogP contribution in [0.25, 0.3) is 0 Å². The first-order chi connectivity index (χ1) is 11.5. The summed E-state index contributed by atoms with van der Waals surface area (Å²) in [4.78, 5) is 50.5. The second-order valence-corrected chi connectivity index (χ2v) is 6.79. The third kappa shape index (κ3) is 1.78. The van der Waals surface area contributed by atoms with Crippen LogP contribution in [-0.2, 0) is 9.59 Å². The normalized spacial score (nSPS) is 28.6. The van der Waals surface area contributed by atoms with Gasteiger partial charge in [0.2, 0.25) is 11.7 Å². The highest BCUT2D eigenvalue weighted by Gasteiger charge is 2.57. The molecule has 0 bridgehead atoms. The number of rotatable bonds is 1. The molecule has 0 radical (unpaired) electrons. The quantitative estimate of drug-likeness (QED) is 0.628. The third-order valence-corrected chi connectivity index (χ3v) is 5.72. The fraction of sp³-hybridized carbons (Fsp3) is 0.250. The van der Waals surface area contributed by atoms with Gasteiger partial charge in [0.15, 0.2) is 11.3 Å². The summed E-state index contributed by atoms with van der Waals surface area (Å²) in [5, 5.41) is 14.1. The molecule has 2 heterocycles. The lowest BCUT2D eigenvalue weighted by Gasteiger charge is -2.38. The maximum absolute atomic E-state index is 12.9. The van der Waals surface area contributed by atoms with Crippen LogP contribution in [-0.4, -0.2) is 52.4 Å². The number of piperazine rings is 1. The van der Waals surface area contributed by atoms with Crippen molar-refractivity contribution in [1.82, 2.24) is 10.6 Å². The van der Waals surface area contributed by atoms with Crippen molar-refractivity contribution in [2.24, 2.45) is 0 Å². The number of aliphatic hydroxyl groups is 1. The first-order valence-corrected chi connectivity index (χ1v) is 8.28. The number of thioether (sulfide) groups is 1. The number of allylic oxidation sites excluding steroid dienone is 1. The van der Waals surface area contributed by atoms with E-state index in [0.29, 0.717) is 5.56 Å². The number of ketones is 2. The summed E-state index contributed by atoms with van der Waals surface area (Å²) in [6.07, 6.45) is 0. The fourth-order valence-electron chi connectivity index (χ4n) is 3.24. The molecule has 3 N–H and O–H groups in total. The van der Waals surface area contributed by atoms with Gasteiger partial charge in [-0.25, -0.2) is 0 Å². The molecule has 1 aliphatic carbocycles. The first kappa shape index (κ1) is 15.1. The van der Waals surface area contributed by atoms with Gasteiger partial charge in [0.05, 0.1) is 17.1 Å². The Labute approximate surface area is 140 Å². The van der Waals surface area contributed by atoms with Gasteiger partial charge in [0.25, 0.3) is 5.91 Å². The lowest BCUT2D eigenvalue weighted by molar-refractivity contribution is -0.140. The zero-order chi connectivity index (χ0) is 17.1. The van der Waals surface area contributed by atoms with Crippen LogP contribution < -0.4 is 10.6 Å². The van der Waals surface area contributed by atoms with E-state index in [1.54, 1.807) is 18.2 Å². The number of benzene rings is 1. The zero-order valence-corrected chi connectivity index (χ0v) is 13.1. The average Bonchev–Trinajstić information content (AvgIpc) is 2.96. The maximum atomic E-state index is 12.9. The summed E-state index contributed by atoms with van der Waals surface area (Å²) in [5.41, 5.74) is -1.00. The number of carbonyl (C=O) groups is 4. The second kappa shape index (κ2) is 5.02. The Kier molecular flexibility index (Phi) is 3.16. The fourth-order valence-corrected chi connectivity index (χ4v) is 4.60. The van der Waals surface area contributed by atoms with Crippen LogP contribution in [0.5, 0.6) is 0 Å². The van der Waals surface area contributed by atoms with E-state index < -0.39 is 35.8 Å². The summed E-state index contributed by atoms with van der Waals surface area (Å²) >= 11 is 1.09. The van der Waals surface area contributed by atoms with E-state index in [0.717, 1.165) is 11.8 Å². The van der Waals surface area contributed by atoms with Gasteiger partial charge in [0.1, 0.15) is 6.04 Å².